The average molecular weight is 277 g/mol. The summed E-state index contributed by atoms with van der Waals surface area (Å²) < 4.78 is 26.9. The van der Waals surface area contributed by atoms with Crippen LogP contribution in [-0.4, -0.2) is 21.2 Å². The van der Waals surface area contributed by atoms with Crippen molar-refractivity contribution in [3.05, 3.63) is 33.9 Å². The van der Waals surface area contributed by atoms with Crippen molar-refractivity contribution in [2.45, 2.75) is 23.5 Å². The van der Waals surface area contributed by atoms with E-state index in [1.807, 2.05) is 0 Å². The molecule has 8 heteroatoms. The van der Waals surface area contributed by atoms with Crippen LogP contribution in [0.25, 0.3) is 0 Å². The minimum Gasteiger partial charge on any atom is -0.480 e. The summed E-state index contributed by atoms with van der Waals surface area (Å²) in [5, 5.41) is 18.2. The zero-order chi connectivity index (χ0) is 13.9. The highest BCUT2D eigenvalue weighted by Crippen LogP contribution is 2.32. The molecule has 0 bridgehead atoms. The molecule has 0 radical (unpaired) electrons. The zero-order valence-corrected chi connectivity index (χ0v) is 10.0. The quantitative estimate of drug-likeness (QED) is 0.508. The van der Waals surface area contributed by atoms with Crippen LogP contribution in [0.5, 0.6) is 0 Å². The number of thioether (sulfide) groups is 1. The summed E-state index contributed by atoms with van der Waals surface area (Å²) in [4.78, 5) is 19.7. The fraction of sp³-hybridized carbons (Fsp3) is 0.300. The number of nitro groups is 1. The van der Waals surface area contributed by atoms with Gasteiger partial charge in [0.2, 0.25) is 0 Å². The Balaban J connectivity index is 3.10. The molecule has 98 valence electrons. The van der Waals surface area contributed by atoms with Crippen LogP contribution < -0.4 is 0 Å². The number of nitrogens with zero attached hydrogens (tertiary/aromatic N) is 1. The van der Waals surface area contributed by atoms with Gasteiger partial charge in [0.1, 0.15) is 16.9 Å². The van der Waals surface area contributed by atoms with E-state index in [2.05, 4.69) is 0 Å². The number of hydrogen-bond acceptors (Lipinski definition) is 4. The number of aliphatic carboxylic acids is 1. The Bertz CT molecular complexity index is 472. The summed E-state index contributed by atoms with van der Waals surface area (Å²) in [6.45, 7) is 1.56. The fourth-order valence-electron chi connectivity index (χ4n) is 1.22. The summed E-state index contributed by atoms with van der Waals surface area (Å²) in [5.41, 5.74) is -0.710. The van der Waals surface area contributed by atoms with E-state index in [9.17, 15) is 23.7 Å². The lowest BCUT2D eigenvalue weighted by atomic mass is 10.3. The monoisotopic (exact) mass is 277 g/mol. The van der Waals surface area contributed by atoms with Crippen molar-refractivity contribution in [2.24, 2.45) is 0 Å². The second-order valence-electron chi connectivity index (χ2n) is 3.35. The van der Waals surface area contributed by atoms with Crippen molar-refractivity contribution in [1.29, 1.82) is 0 Å². The molecule has 0 aliphatic rings. The lowest BCUT2D eigenvalue weighted by Gasteiger charge is -2.10. The Morgan fingerprint density at radius 1 is 1.50 bits per heavy atom. The molecule has 0 spiro atoms. The van der Waals surface area contributed by atoms with Crippen molar-refractivity contribution in [1.82, 2.24) is 0 Å². The number of rotatable bonds is 5. The molecule has 1 aromatic carbocycles. The van der Waals surface area contributed by atoms with Crippen molar-refractivity contribution in [3.63, 3.8) is 0 Å². The molecular weight excluding hydrogens is 268 g/mol. The second-order valence-corrected chi connectivity index (χ2v) is 4.56. The van der Waals surface area contributed by atoms with Crippen LogP contribution in [0.4, 0.5) is 14.5 Å². The highest BCUT2D eigenvalue weighted by molar-refractivity contribution is 8.00. The molecule has 18 heavy (non-hydrogen) atoms. The normalized spacial score (nSPS) is 12.2. The Morgan fingerprint density at radius 3 is 2.33 bits per heavy atom. The molecular formula is C10H9F2NO4S. The maximum absolute atomic E-state index is 13.5. The van der Waals surface area contributed by atoms with Gasteiger partial charge in [-0.15, -0.1) is 11.8 Å². The molecule has 1 aromatic rings. The van der Waals surface area contributed by atoms with Gasteiger partial charge in [0.05, 0.1) is 22.0 Å². The minimum atomic E-state index is -1.19. The Hall–Kier alpha value is -1.70. The molecule has 1 unspecified atom stereocenters. The largest absolute Gasteiger partial charge is 0.480 e. The molecule has 0 saturated heterocycles. The van der Waals surface area contributed by atoms with E-state index in [-0.39, 0.29) is 6.42 Å². The topological polar surface area (TPSA) is 80.4 Å². The van der Waals surface area contributed by atoms with E-state index >= 15 is 0 Å². The summed E-state index contributed by atoms with van der Waals surface area (Å²) in [5.74, 6) is -3.46. The molecule has 0 aliphatic heterocycles. The van der Waals surface area contributed by atoms with E-state index in [0.29, 0.717) is 23.9 Å². The zero-order valence-electron chi connectivity index (χ0n) is 9.22. The predicted octanol–water partition coefficient (Wildman–Crippen LogP) is 2.83. The Kier molecular flexibility index (Phi) is 4.60. The number of carboxylic acid groups (broad SMARTS) is 1. The van der Waals surface area contributed by atoms with Crippen LogP contribution in [0, 0.1) is 21.7 Å². The van der Waals surface area contributed by atoms with Crippen LogP contribution in [0.3, 0.4) is 0 Å². The van der Waals surface area contributed by atoms with Gasteiger partial charge in [0.25, 0.3) is 5.69 Å². The summed E-state index contributed by atoms with van der Waals surface area (Å²) in [6.07, 6.45) is 0.176. The van der Waals surface area contributed by atoms with Crippen LogP contribution in [0.1, 0.15) is 13.3 Å². The van der Waals surface area contributed by atoms with E-state index in [1.54, 1.807) is 6.92 Å². The minimum absolute atomic E-state index is 0.176. The number of carbonyl (C=O) groups is 1. The highest BCUT2D eigenvalue weighted by Gasteiger charge is 2.23. The maximum Gasteiger partial charge on any atom is 0.316 e. The fourth-order valence-corrected chi connectivity index (χ4v) is 2.11. The van der Waals surface area contributed by atoms with Crippen molar-refractivity contribution in [3.8, 4) is 0 Å². The van der Waals surface area contributed by atoms with Gasteiger partial charge in [-0.1, -0.05) is 6.92 Å². The van der Waals surface area contributed by atoms with E-state index in [1.165, 1.54) is 0 Å². The first kappa shape index (κ1) is 14.4. The van der Waals surface area contributed by atoms with E-state index < -0.39 is 38.4 Å². The van der Waals surface area contributed by atoms with Gasteiger partial charge in [0.15, 0.2) is 0 Å². The molecule has 5 nitrogen and oxygen atoms in total. The lowest BCUT2D eigenvalue weighted by Crippen LogP contribution is -2.15. The molecule has 0 fully saturated rings. The van der Waals surface area contributed by atoms with E-state index in [4.69, 9.17) is 5.11 Å². The average Bonchev–Trinajstić information content (AvgIpc) is 2.27. The molecule has 0 amide bonds. The second kappa shape index (κ2) is 5.76. The molecule has 1 atom stereocenters. The number of nitro benzene ring substituents is 1. The summed E-state index contributed by atoms with van der Waals surface area (Å²) >= 11 is 0.498. The Morgan fingerprint density at radius 2 is 2.00 bits per heavy atom. The van der Waals surface area contributed by atoms with Crippen LogP contribution >= 0.6 is 11.8 Å². The molecule has 1 N–H and O–H groups in total. The third-order valence-corrected chi connectivity index (χ3v) is 3.55. The maximum atomic E-state index is 13.5. The van der Waals surface area contributed by atoms with Crippen molar-refractivity contribution in [2.75, 3.05) is 0 Å². The molecule has 0 saturated carbocycles. The van der Waals surface area contributed by atoms with Gasteiger partial charge in [-0.05, 0) is 6.42 Å². The van der Waals surface area contributed by atoms with Crippen molar-refractivity contribution >= 4 is 23.4 Å². The number of benzene rings is 1. The number of carboxylic acids is 1. The third kappa shape index (κ3) is 3.16. The molecule has 0 heterocycles. The first-order valence-electron chi connectivity index (χ1n) is 4.89. The summed E-state index contributed by atoms with van der Waals surface area (Å²) in [6, 6.07) is 1.14. The van der Waals surface area contributed by atoms with Crippen LogP contribution in [-0.2, 0) is 4.79 Å². The smallest absolute Gasteiger partial charge is 0.316 e. The lowest BCUT2D eigenvalue weighted by molar-refractivity contribution is -0.385. The standard InChI is InChI=1S/C10H9F2NO4S/c1-2-8(10(14)15)18-9-6(11)3-5(13(16)17)4-7(9)12/h3-4,8H,2H2,1H3,(H,14,15). The number of hydrogen-bond donors (Lipinski definition) is 1. The number of halogens is 2. The highest BCUT2D eigenvalue weighted by atomic mass is 32.2. The first-order valence-corrected chi connectivity index (χ1v) is 5.77. The van der Waals surface area contributed by atoms with Gasteiger partial charge in [-0.3, -0.25) is 14.9 Å². The van der Waals surface area contributed by atoms with Gasteiger partial charge in [-0.25, -0.2) is 8.78 Å². The van der Waals surface area contributed by atoms with Gasteiger partial charge >= 0.3 is 5.97 Å². The SMILES string of the molecule is CCC(Sc1c(F)cc([N+](=O)[O-])cc1F)C(=O)O. The summed E-state index contributed by atoms with van der Waals surface area (Å²) in [7, 11) is 0. The molecule has 1 rings (SSSR count). The van der Waals surface area contributed by atoms with Crippen LogP contribution in [0.15, 0.2) is 17.0 Å². The van der Waals surface area contributed by atoms with Gasteiger partial charge < -0.3 is 5.11 Å². The first-order chi connectivity index (χ1) is 8.36. The van der Waals surface area contributed by atoms with Gasteiger partial charge in [-0.2, -0.15) is 0 Å². The Labute approximate surface area is 105 Å². The predicted molar refractivity (Wildman–Crippen MR) is 60.6 cm³/mol. The third-order valence-electron chi connectivity index (χ3n) is 2.10. The van der Waals surface area contributed by atoms with Gasteiger partial charge in [0, 0.05) is 0 Å². The van der Waals surface area contributed by atoms with Crippen molar-refractivity contribution < 1.29 is 23.6 Å². The molecule has 0 aliphatic carbocycles. The van der Waals surface area contributed by atoms with E-state index in [0.717, 1.165) is 0 Å². The molecule has 0 aromatic heterocycles. The van der Waals surface area contributed by atoms with Crippen LogP contribution in [0.2, 0.25) is 0 Å². The number of non-ortho nitro benzene ring substituents is 1.